The van der Waals surface area contributed by atoms with Gasteiger partial charge in [0.15, 0.2) is 0 Å². The number of amides is 1. The van der Waals surface area contributed by atoms with E-state index in [0.29, 0.717) is 29.0 Å². The lowest BCUT2D eigenvalue weighted by molar-refractivity contribution is -0.117. The first-order valence-electron chi connectivity index (χ1n) is 7.85. The summed E-state index contributed by atoms with van der Waals surface area (Å²) in [7, 11) is 3.60. The van der Waals surface area contributed by atoms with Crippen molar-refractivity contribution in [2.45, 2.75) is 45.1 Å². The standard InChI is InChI=1S/C17H25ClN2O2/c1-12-9-15(16(22-3)10-14(12)18)19-17(21)11-20(2)13-7-5-4-6-8-13/h9-10,13H,4-8,11H2,1-3H3,(H,19,21). The first-order chi connectivity index (χ1) is 10.5. The Hall–Kier alpha value is -1.26. The van der Waals surface area contributed by atoms with Crippen molar-refractivity contribution in [1.29, 1.82) is 0 Å². The highest BCUT2D eigenvalue weighted by molar-refractivity contribution is 6.31. The van der Waals surface area contributed by atoms with Crippen molar-refractivity contribution >= 4 is 23.2 Å². The maximum Gasteiger partial charge on any atom is 0.238 e. The number of nitrogens with one attached hydrogen (secondary N) is 1. The van der Waals surface area contributed by atoms with Crippen molar-refractivity contribution in [3.05, 3.63) is 22.7 Å². The van der Waals surface area contributed by atoms with Gasteiger partial charge in [0, 0.05) is 17.1 Å². The summed E-state index contributed by atoms with van der Waals surface area (Å²) in [5.41, 5.74) is 1.59. The van der Waals surface area contributed by atoms with Gasteiger partial charge in [-0.05, 0) is 38.4 Å². The summed E-state index contributed by atoms with van der Waals surface area (Å²) in [5.74, 6) is 0.567. The van der Waals surface area contributed by atoms with Gasteiger partial charge in [-0.1, -0.05) is 30.9 Å². The van der Waals surface area contributed by atoms with Gasteiger partial charge >= 0.3 is 0 Å². The molecular formula is C17H25ClN2O2. The molecule has 1 aromatic carbocycles. The molecular weight excluding hydrogens is 300 g/mol. The van der Waals surface area contributed by atoms with Gasteiger partial charge in [-0.15, -0.1) is 0 Å². The third kappa shape index (κ3) is 4.37. The van der Waals surface area contributed by atoms with E-state index in [1.807, 2.05) is 20.0 Å². The Balaban J connectivity index is 1.98. The highest BCUT2D eigenvalue weighted by Gasteiger charge is 2.20. The minimum Gasteiger partial charge on any atom is -0.495 e. The number of ether oxygens (including phenoxy) is 1. The summed E-state index contributed by atoms with van der Waals surface area (Å²) < 4.78 is 5.29. The molecule has 0 bridgehead atoms. The molecule has 1 N–H and O–H groups in total. The lowest BCUT2D eigenvalue weighted by Crippen LogP contribution is -2.39. The van der Waals surface area contributed by atoms with Crippen LogP contribution in [0.25, 0.3) is 0 Å². The third-order valence-corrected chi connectivity index (χ3v) is 4.75. The highest BCUT2D eigenvalue weighted by Crippen LogP contribution is 2.31. The molecule has 0 atom stereocenters. The van der Waals surface area contributed by atoms with Crippen LogP contribution in [-0.2, 0) is 4.79 Å². The normalized spacial score (nSPS) is 15.9. The van der Waals surface area contributed by atoms with Gasteiger partial charge in [0.1, 0.15) is 5.75 Å². The number of likely N-dealkylation sites (N-methyl/N-ethyl adjacent to an activating group) is 1. The second kappa shape index (κ2) is 7.84. The van der Waals surface area contributed by atoms with Crippen LogP contribution in [0.15, 0.2) is 12.1 Å². The van der Waals surface area contributed by atoms with Crippen molar-refractivity contribution in [1.82, 2.24) is 4.90 Å². The Morgan fingerprint density at radius 3 is 2.68 bits per heavy atom. The van der Waals surface area contributed by atoms with Crippen LogP contribution in [-0.4, -0.2) is 37.6 Å². The first-order valence-corrected chi connectivity index (χ1v) is 8.23. The predicted molar refractivity (Wildman–Crippen MR) is 90.9 cm³/mol. The number of hydrogen-bond acceptors (Lipinski definition) is 3. The van der Waals surface area contributed by atoms with E-state index in [1.165, 1.54) is 32.1 Å². The van der Waals surface area contributed by atoms with Gasteiger partial charge in [-0.25, -0.2) is 0 Å². The Morgan fingerprint density at radius 1 is 1.36 bits per heavy atom. The molecule has 1 saturated carbocycles. The topological polar surface area (TPSA) is 41.6 Å². The van der Waals surface area contributed by atoms with Crippen LogP contribution >= 0.6 is 11.6 Å². The van der Waals surface area contributed by atoms with E-state index >= 15 is 0 Å². The lowest BCUT2D eigenvalue weighted by Gasteiger charge is -2.30. The molecule has 1 amide bonds. The molecule has 0 aliphatic heterocycles. The molecule has 0 radical (unpaired) electrons. The van der Waals surface area contributed by atoms with Gasteiger partial charge in [0.2, 0.25) is 5.91 Å². The van der Waals surface area contributed by atoms with Crippen LogP contribution in [0.4, 0.5) is 5.69 Å². The summed E-state index contributed by atoms with van der Waals surface area (Å²) >= 11 is 6.09. The number of carbonyl (C=O) groups is 1. The molecule has 2 rings (SSSR count). The van der Waals surface area contributed by atoms with Crippen LogP contribution < -0.4 is 10.1 Å². The van der Waals surface area contributed by atoms with E-state index in [-0.39, 0.29) is 5.91 Å². The molecule has 22 heavy (non-hydrogen) atoms. The SMILES string of the molecule is COc1cc(Cl)c(C)cc1NC(=O)CN(C)C1CCCCC1. The zero-order valence-electron chi connectivity index (χ0n) is 13.6. The molecule has 4 nitrogen and oxygen atoms in total. The first kappa shape index (κ1) is 17.1. The molecule has 0 aromatic heterocycles. The van der Waals surface area contributed by atoms with E-state index in [2.05, 4.69) is 10.2 Å². The molecule has 1 aliphatic rings. The monoisotopic (exact) mass is 324 g/mol. The summed E-state index contributed by atoms with van der Waals surface area (Å²) in [6, 6.07) is 4.10. The number of benzene rings is 1. The average Bonchev–Trinajstić information content (AvgIpc) is 2.51. The van der Waals surface area contributed by atoms with Crippen LogP contribution in [0.1, 0.15) is 37.7 Å². The average molecular weight is 325 g/mol. The highest BCUT2D eigenvalue weighted by atomic mass is 35.5. The van der Waals surface area contributed by atoms with Crippen molar-refractivity contribution < 1.29 is 9.53 Å². The van der Waals surface area contributed by atoms with Crippen molar-refractivity contribution in [3.63, 3.8) is 0 Å². The van der Waals surface area contributed by atoms with E-state index in [1.54, 1.807) is 13.2 Å². The molecule has 1 fully saturated rings. The predicted octanol–water partition coefficient (Wildman–Crippen LogP) is 3.86. The fraction of sp³-hybridized carbons (Fsp3) is 0.588. The third-order valence-electron chi connectivity index (χ3n) is 4.35. The molecule has 0 spiro atoms. The quantitative estimate of drug-likeness (QED) is 0.894. The molecule has 122 valence electrons. The number of carbonyl (C=O) groups excluding carboxylic acids is 1. The Bertz CT molecular complexity index is 528. The zero-order chi connectivity index (χ0) is 16.1. The fourth-order valence-corrected chi connectivity index (χ4v) is 3.15. The van der Waals surface area contributed by atoms with Crippen molar-refractivity contribution in [3.8, 4) is 5.75 Å². The van der Waals surface area contributed by atoms with Crippen molar-refractivity contribution in [2.75, 3.05) is 26.0 Å². The summed E-state index contributed by atoms with van der Waals surface area (Å²) in [5, 5.41) is 3.57. The smallest absolute Gasteiger partial charge is 0.238 e. The molecule has 1 aromatic rings. The molecule has 5 heteroatoms. The second-order valence-electron chi connectivity index (χ2n) is 6.06. The van der Waals surface area contributed by atoms with Gasteiger partial charge in [-0.3, -0.25) is 9.69 Å². The Kier molecular flexibility index (Phi) is 6.09. The number of hydrogen-bond donors (Lipinski definition) is 1. The minimum absolute atomic E-state index is 0.0203. The van der Waals surface area contributed by atoms with Gasteiger partial charge in [0.05, 0.1) is 19.3 Å². The van der Waals surface area contributed by atoms with Gasteiger partial charge in [0.25, 0.3) is 0 Å². The minimum atomic E-state index is -0.0203. The Morgan fingerprint density at radius 2 is 2.05 bits per heavy atom. The molecule has 0 heterocycles. The number of aryl methyl sites for hydroxylation is 1. The summed E-state index contributed by atoms with van der Waals surface area (Å²) in [6.45, 7) is 2.31. The molecule has 0 unspecified atom stereocenters. The summed E-state index contributed by atoms with van der Waals surface area (Å²) in [6.07, 6.45) is 6.22. The van der Waals surface area contributed by atoms with Gasteiger partial charge in [-0.2, -0.15) is 0 Å². The maximum absolute atomic E-state index is 12.3. The Labute approximate surface area is 137 Å². The number of methoxy groups -OCH3 is 1. The fourth-order valence-electron chi connectivity index (χ4n) is 3.00. The van der Waals surface area contributed by atoms with Crippen molar-refractivity contribution in [2.24, 2.45) is 0 Å². The van der Waals surface area contributed by atoms with Crippen LogP contribution in [0.5, 0.6) is 5.75 Å². The van der Waals surface area contributed by atoms with Gasteiger partial charge < -0.3 is 10.1 Å². The number of nitrogens with zero attached hydrogens (tertiary/aromatic N) is 1. The molecule has 1 aliphatic carbocycles. The number of halogens is 1. The second-order valence-corrected chi connectivity index (χ2v) is 6.46. The lowest BCUT2D eigenvalue weighted by atomic mass is 9.94. The zero-order valence-corrected chi connectivity index (χ0v) is 14.4. The van der Waals surface area contributed by atoms with Crippen LogP contribution in [0, 0.1) is 6.92 Å². The number of rotatable bonds is 5. The largest absolute Gasteiger partial charge is 0.495 e. The van der Waals surface area contributed by atoms with E-state index in [0.717, 1.165) is 5.56 Å². The van der Waals surface area contributed by atoms with Crippen LogP contribution in [0.2, 0.25) is 5.02 Å². The van der Waals surface area contributed by atoms with Crippen LogP contribution in [0.3, 0.4) is 0 Å². The number of anilines is 1. The molecule has 0 saturated heterocycles. The summed E-state index contributed by atoms with van der Waals surface area (Å²) in [4.78, 5) is 14.4. The maximum atomic E-state index is 12.3. The van der Waals surface area contributed by atoms with E-state index in [9.17, 15) is 4.79 Å². The van der Waals surface area contributed by atoms with E-state index < -0.39 is 0 Å². The van der Waals surface area contributed by atoms with E-state index in [4.69, 9.17) is 16.3 Å².